The molecule has 7 heteroatoms. The summed E-state index contributed by atoms with van der Waals surface area (Å²) in [6, 6.07) is 5.20. The molecule has 3 N–H and O–H groups in total. The Hall–Kier alpha value is -1.15. The first-order chi connectivity index (χ1) is 12.7. The van der Waals surface area contributed by atoms with Crippen LogP contribution in [-0.4, -0.2) is 47.5 Å². The summed E-state index contributed by atoms with van der Waals surface area (Å²) >= 11 is 3.39. The molecule has 0 saturated heterocycles. The predicted molar refractivity (Wildman–Crippen MR) is 111 cm³/mol. The van der Waals surface area contributed by atoms with E-state index in [-0.39, 0.29) is 11.5 Å². The molecule has 0 unspecified atom stereocenters. The number of aliphatic hydroxyl groups excluding tert-OH is 2. The van der Waals surface area contributed by atoms with E-state index in [1.54, 1.807) is 12.1 Å². The van der Waals surface area contributed by atoms with Gasteiger partial charge in [-0.05, 0) is 49.5 Å². The summed E-state index contributed by atoms with van der Waals surface area (Å²) in [5, 5.41) is 29.2. The second kappa shape index (κ2) is 9.37. The number of aromatic hydroxyl groups is 1. The van der Waals surface area contributed by atoms with E-state index in [0.717, 1.165) is 16.5 Å². The zero-order chi connectivity index (χ0) is 20.2. The molecule has 0 radical (unpaired) electrons. The van der Waals surface area contributed by atoms with E-state index in [1.807, 2.05) is 26.0 Å². The van der Waals surface area contributed by atoms with Gasteiger partial charge in [0.05, 0.1) is 18.5 Å². The molecule has 0 amide bonds. The van der Waals surface area contributed by atoms with Gasteiger partial charge in [-0.2, -0.15) is 0 Å². The molecule has 1 heterocycles. The van der Waals surface area contributed by atoms with Crippen LogP contribution in [0, 0.1) is 0 Å². The molecule has 1 aromatic rings. The molecule has 0 bridgehead atoms. The molecule has 1 aromatic carbocycles. The molecular weight excluding hydrogens is 432 g/mol. The number of rotatable bonds is 8. The second-order valence-corrected chi connectivity index (χ2v) is 9.90. The maximum Gasteiger partial charge on any atom is 0.163 e. The van der Waals surface area contributed by atoms with E-state index in [4.69, 9.17) is 0 Å². The van der Waals surface area contributed by atoms with Gasteiger partial charge in [0, 0.05) is 10.0 Å². The Morgan fingerprint density at radius 2 is 2.07 bits per heavy atom. The first-order valence-electron chi connectivity index (χ1n) is 9.13. The number of hydrogen-bond acceptors (Lipinski definition) is 5. The summed E-state index contributed by atoms with van der Waals surface area (Å²) in [4.78, 5) is 0. The molecule has 2 rings (SSSR count). The number of phenols is 1. The molecule has 2 atom stereocenters. The quantitative estimate of drug-likeness (QED) is 0.517. The van der Waals surface area contributed by atoms with Gasteiger partial charge in [-0.25, -0.2) is 8.42 Å². The van der Waals surface area contributed by atoms with E-state index in [1.165, 1.54) is 0 Å². The minimum atomic E-state index is -3.43. The Bertz CT molecular complexity index is 842. The molecule has 150 valence electrons. The van der Waals surface area contributed by atoms with Gasteiger partial charge in [-0.1, -0.05) is 47.0 Å². The molecule has 1 aliphatic heterocycles. The number of aliphatic hydroxyl groups is 2. The van der Waals surface area contributed by atoms with Crippen LogP contribution in [0.5, 0.6) is 5.75 Å². The van der Waals surface area contributed by atoms with Gasteiger partial charge in [0.15, 0.2) is 9.84 Å². The number of sulfone groups is 1. The van der Waals surface area contributed by atoms with Crippen molar-refractivity contribution in [2.75, 3.05) is 12.4 Å². The summed E-state index contributed by atoms with van der Waals surface area (Å²) in [6.07, 6.45) is 3.24. The van der Waals surface area contributed by atoms with Gasteiger partial charge < -0.3 is 15.3 Å². The zero-order valence-electron chi connectivity index (χ0n) is 15.7. The molecule has 0 saturated carbocycles. The third kappa shape index (κ3) is 5.22. The Labute approximate surface area is 169 Å². The number of benzene rings is 1. The molecule has 1 aliphatic rings. The lowest BCUT2D eigenvalue weighted by atomic mass is 9.93. The molecule has 0 fully saturated rings. The second-order valence-electron chi connectivity index (χ2n) is 6.80. The van der Waals surface area contributed by atoms with E-state index >= 15 is 0 Å². The van der Waals surface area contributed by atoms with Gasteiger partial charge >= 0.3 is 0 Å². The zero-order valence-corrected chi connectivity index (χ0v) is 18.1. The number of halogens is 1. The van der Waals surface area contributed by atoms with E-state index in [9.17, 15) is 23.7 Å². The first-order valence-corrected chi connectivity index (χ1v) is 11.6. The van der Waals surface area contributed by atoms with E-state index < -0.39 is 27.8 Å². The monoisotopic (exact) mass is 458 g/mol. The van der Waals surface area contributed by atoms with E-state index in [0.29, 0.717) is 36.0 Å². The average molecular weight is 459 g/mol. The SMILES string of the molecule is CCC1=C([C@H](O)CC/C(=C/c2cc(Br)ccc2O)CC)[C@H](CO)S(=O)(=O)C1. The lowest BCUT2D eigenvalue weighted by molar-refractivity contribution is 0.188. The summed E-state index contributed by atoms with van der Waals surface area (Å²) in [6.45, 7) is 3.37. The molecule has 0 spiro atoms. The summed E-state index contributed by atoms with van der Waals surface area (Å²) in [5.41, 5.74) is 2.93. The fourth-order valence-corrected chi connectivity index (χ4v) is 5.88. The van der Waals surface area contributed by atoms with Gasteiger partial charge in [0.1, 0.15) is 11.0 Å². The Balaban J connectivity index is 2.18. The van der Waals surface area contributed by atoms with Crippen LogP contribution < -0.4 is 0 Å². The Morgan fingerprint density at radius 3 is 2.67 bits per heavy atom. The van der Waals surface area contributed by atoms with Crippen molar-refractivity contribution in [1.29, 1.82) is 0 Å². The largest absolute Gasteiger partial charge is 0.507 e. The maximum absolute atomic E-state index is 12.2. The van der Waals surface area contributed by atoms with Gasteiger partial charge in [0.25, 0.3) is 0 Å². The van der Waals surface area contributed by atoms with Crippen LogP contribution in [-0.2, 0) is 9.84 Å². The summed E-state index contributed by atoms with van der Waals surface area (Å²) in [5.74, 6) is 0.103. The van der Waals surface area contributed by atoms with Crippen molar-refractivity contribution in [2.24, 2.45) is 0 Å². The Morgan fingerprint density at radius 1 is 1.37 bits per heavy atom. The predicted octanol–water partition coefficient (Wildman–Crippen LogP) is 3.59. The van der Waals surface area contributed by atoms with Crippen LogP contribution in [0.15, 0.2) is 39.4 Å². The number of hydrogen-bond donors (Lipinski definition) is 3. The van der Waals surface area contributed by atoms with Crippen molar-refractivity contribution >= 4 is 31.8 Å². The standard InChI is InChI=1S/C20H27BrO5S/c1-3-13(9-15-10-16(21)6-8-17(15)23)5-7-18(24)20-14(4-2)12-27(25,26)19(20)11-22/h6,8-10,18-19,22-24H,3-5,7,11-12H2,1-2H3/b13-9+/t18-,19+/m1/s1. The number of phenolic OH excluding ortho intramolecular Hbond substituents is 1. The molecule has 5 nitrogen and oxygen atoms in total. The van der Waals surface area contributed by atoms with E-state index in [2.05, 4.69) is 15.9 Å². The third-order valence-corrected chi connectivity index (χ3v) is 7.57. The highest BCUT2D eigenvalue weighted by molar-refractivity contribution is 9.10. The average Bonchev–Trinajstić information content (AvgIpc) is 2.90. The van der Waals surface area contributed by atoms with Gasteiger partial charge in [-0.15, -0.1) is 0 Å². The molecular formula is C20H27BrO5S. The van der Waals surface area contributed by atoms with Crippen LogP contribution in [0.2, 0.25) is 0 Å². The number of allylic oxidation sites excluding steroid dienone is 1. The van der Waals surface area contributed by atoms with Crippen molar-refractivity contribution in [3.8, 4) is 5.75 Å². The van der Waals surface area contributed by atoms with Crippen LogP contribution in [0.4, 0.5) is 0 Å². The first kappa shape index (κ1) is 22.1. The highest BCUT2D eigenvalue weighted by atomic mass is 79.9. The highest BCUT2D eigenvalue weighted by Gasteiger charge is 2.40. The third-order valence-electron chi connectivity index (χ3n) is 5.06. The fourth-order valence-electron chi connectivity index (χ4n) is 3.51. The van der Waals surface area contributed by atoms with Crippen molar-refractivity contribution in [3.63, 3.8) is 0 Å². The van der Waals surface area contributed by atoms with Crippen LogP contribution in [0.3, 0.4) is 0 Å². The lowest BCUT2D eigenvalue weighted by Crippen LogP contribution is -2.29. The highest BCUT2D eigenvalue weighted by Crippen LogP contribution is 2.34. The molecule has 0 aliphatic carbocycles. The van der Waals surface area contributed by atoms with Crippen molar-refractivity contribution in [1.82, 2.24) is 0 Å². The topological polar surface area (TPSA) is 94.8 Å². The van der Waals surface area contributed by atoms with Crippen molar-refractivity contribution < 1.29 is 23.7 Å². The smallest absolute Gasteiger partial charge is 0.163 e. The minimum absolute atomic E-state index is 0.0799. The van der Waals surface area contributed by atoms with Crippen LogP contribution in [0.1, 0.15) is 45.1 Å². The van der Waals surface area contributed by atoms with Crippen LogP contribution in [0.25, 0.3) is 6.08 Å². The van der Waals surface area contributed by atoms with Gasteiger partial charge in [-0.3, -0.25) is 0 Å². The summed E-state index contributed by atoms with van der Waals surface area (Å²) < 4.78 is 25.3. The van der Waals surface area contributed by atoms with Crippen molar-refractivity contribution in [2.45, 2.75) is 50.9 Å². The maximum atomic E-state index is 12.2. The lowest BCUT2D eigenvalue weighted by Gasteiger charge is -2.19. The fraction of sp³-hybridized carbons (Fsp3) is 0.500. The molecule has 0 aromatic heterocycles. The van der Waals surface area contributed by atoms with Crippen molar-refractivity contribution in [3.05, 3.63) is 45.0 Å². The van der Waals surface area contributed by atoms with Crippen LogP contribution >= 0.6 is 15.9 Å². The Kier molecular flexibility index (Phi) is 7.68. The summed E-state index contributed by atoms with van der Waals surface area (Å²) in [7, 11) is -3.43. The normalized spacial score (nSPS) is 20.9. The molecule has 27 heavy (non-hydrogen) atoms. The minimum Gasteiger partial charge on any atom is -0.507 e. The van der Waals surface area contributed by atoms with Gasteiger partial charge in [0.2, 0.25) is 0 Å².